The van der Waals surface area contributed by atoms with E-state index in [9.17, 15) is 0 Å². The number of benzene rings is 1. The zero-order valence-electron chi connectivity index (χ0n) is 20.7. The molecule has 2 aromatic rings. The van der Waals surface area contributed by atoms with Gasteiger partial charge in [-0.15, -0.1) is 23.1 Å². The van der Waals surface area contributed by atoms with Crippen molar-refractivity contribution in [3.63, 3.8) is 0 Å². The number of fused-ring (bicyclic) bond motifs is 1. The minimum Gasteiger partial charge on any atom is -0.288 e. The van der Waals surface area contributed by atoms with Crippen LogP contribution in [-0.2, 0) is 6.42 Å². The molecular weight excluding hydrogens is 444 g/mol. The predicted octanol–water partition coefficient (Wildman–Crippen LogP) is 7.61. The van der Waals surface area contributed by atoms with E-state index in [2.05, 4.69) is 65.5 Å². The van der Waals surface area contributed by atoms with Crippen molar-refractivity contribution in [3.05, 3.63) is 62.9 Å². The van der Waals surface area contributed by atoms with E-state index in [1.54, 1.807) is 34.9 Å². The smallest absolute Gasteiger partial charge is 0.132 e. The first-order valence-electron chi connectivity index (χ1n) is 11.7. The number of anilines is 1. The number of hydrogen-bond acceptors (Lipinski definition) is 5. The van der Waals surface area contributed by atoms with Crippen molar-refractivity contribution in [2.75, 3.05) is 10.7 Å². The van der Waals surface area contributed by atoms with Crippen LogP contribution in [0.2, 0.25) is 0 Å². The van der Waals surface area contributed by atoms with E-state index in [-0.39, 0.29) is 6.04 Å². The lowest BCUT2D eigenvalue weighted by molar-refractivity contribution is 0.632. The Balaban J connectivity index is 2.08. The first kappa shape index (κ1) is 25.4. The summed E-state index contributed by atoms with van der Waals surface area (Å²) < 4.78 is 0. The Hall–Kier alpha value is -2.18. The fourth-order valence-electron chi connectivity index (χ4n) is 3.89. The van der Waals surface area contributed by atoms with Crippen LogP contribution in [0, 0.1) is 30.6 Å². The van der Waals surface area contributed by atoms with Gasteiger partial charge in [-0.25, -0.2) is 0 Å². The molecule has 0 spiro atoms. The number of nitrogens with zero attached hydrogens (tertiary/aromatic N) is 2. The monoisotopic (exact) mass is 480 g/mol. The van der Waals surface area contributed by atoms with Gasteiger partial charge < -0.3 is 0 Å². The van der Waals surface area contributed by atoms with Crippen molar-refractivity contribution in [2.45, 2.75) is 66.8 Å². The van der Waals surface area contributed by atoms with Crippen molar-refractivity contribution in [3.8, 4) is 0 Å². The van der Waals surface area contributed by atoms with Gasteiger partial charge in [0.1, 0.15) is 22.7 Å². The van der Waals surface area contributed by atoms with Crippen LogP contribution in [0.5, 0.6) is 0 Å². The topological polar surface area (TPSA) is 63.3 Å². The third-order valence-corrected chi connectivity index (χ3v) is 8.25. The van der Waals surface area contributed by atoms with Crippen LogP contribution in [0.15, 0.2) is 40.7 Å². The lowest BCUT2D eigenvalue weighted by Crippen LogP contribution is -2.40. The summed E-state index contributed by atoms with van der Waals surface area (Å²) >= 11 is 3.43. The maximum atomic E-state index is 9.07. The maximum absolute atomic E-state index is 9.07. The van der Waals surface area contributed by atoms with E-state index in [4.69, 9.17) is 15.8 Å². The summed E-state index contributed by atoms with van der Waals surface area (Å²) in [5, 5.41) is 18.5. The zero-order chi connectivity index (χ0) is 24.3. The quantitative estimate of drug-likeness (QED) is 0.302. The van der Waals surface area contributed by atoms with Crippen LogP contribution in [0.25, 0.3) is 0 Å². The number of thioether (sulfide) groups is 1. The standard InChI is InChI=1S/C27H36N4S2/c1-8-21-9-11-22(12-10-21)25-24-18(5)19(6)33-27(24)31(20(7)28)26(29)23(30-25)15-17(4)32-14-13-16(2)3/h9-12,16,23,28-29H,4,8,13-15H2,1-3,5-7H3. The van der Waals surface area contributed by atoms with E-state index >= 15 is 0 Å². The average molecular weight is 481 g/mol. The van der Waals surface area contributed by atoms with Gasteiger partial charge in [0.2, 0.25) is 0 Å². The van der Waals surface area contributed by atoms with Gasteiger partial charge >= 0.3 is 0 Å². The second-order valence-corrected chi connectivity index (χ2v) is 11.6. The van der Waals surface area contributed by atoms with Crippen LogP contribution in [0.4, 0.5) is 5.00 Å². The Morgan fingerprint density at radius 3 is 2.48 bits per heavy atom. The second-order valence-electron chi connectivity index (χ2n) is 9.09. The molecule has 1 aromatic carbocycles. The molecule has 1 aliphatic rings. The van der Waals surface area contributed by atoms with E-state index < -0.39 is 0 Å². The molecule has 0 bridgehead atoms. The van der Waals surface area contributed by atoms with E-state index in [1.807, 2.05) is 0 Å². The van der Waals surface area contributed by atoms with Gasteiger partial charge in [-0.1, -0.05) is 51.6 Å². The van der Waals surface area contributed by atoms with Gasteiger partial charge in [0.15, 0.2) is 0 Å². The highest BCUT2D eigenvalue weighted by molar-refractivity contribution is 8.03. The molecule has 0 radical (unpaired) electrons. The maximum Gasteiger partial charge on any atom is 0.132 e. The lowest BCUT2D eigenvalue weighted by atomic mass is 9.98. The highest BCUT2D eigenvalue weighted by Crippen LogP contribution is 2.40. The molecule has 0 fully saturated rings. The summed E-state index contributed by atoms with van der Waals surface area (Å²) in [5.41, 5.74) is 5.52. The van der Waals surface area contributed by atoms with Gasteiger partial charge in [0.05, 0.1) is 5.71 Å². The van der Waals surface area contributed by atoms with Gasteiger partial charge in [0, 0.05) is 22.4 Å². The van der Waals surface area contributed by atoms with Crippen LogP contribution in [0.1, 0.15) is 67.7 Å². The van der Waals surface area contributed by atoms with Gasteiger partial charge in [0.25, 0.3) is 0 Å². The summed E-state index contributed by atoms with van der Waals surface area (Å²) in [6.07, 6.45) is 2.75. The molecule has 4 nitrogen and oxygen atoms in total. The summed E-state index contributed by atoms with van der Waals surface area (Å²) in [4.78, 5) is 9.23. The first-order chi connectivity index (χ1) is 15.6. The molecule has 1 aromatic heterocycles. The fraction of sp³-hybridized carbons (Fsp3) is 0.444. The van der Waals surface area contributed by atoms with Crippen molar-refractivity contribution in [1.82, 2.24) is 0 Å². The number of amidine groups is 2. The van der Waals surface area contributed by atoms with Gasteiger partial charge in [-0.2, -0.15) is 0 Å². The van der Waals surface area contributed by atoms with Gasteiger partial charge in [-0.3, -0.25) is 20.7 Å². The number of hydrogen-bond donors (Lipinski definition) is 2. The number of thiophene rings is 1. The second kappa shape index (κ2) is 10.8. The average Bonchev–Trinajstić information content (AvgIpc) is 2.97. The van der Waals surface area contributed by atoms with Crippen LogP contribution < -0.4 is 4.90 Å². The Morgan fingerprint density at radius 1 is 1.24 bits per heavy atom. The fourth-order valence-corrected chi connectivity index (χ4v) is 6.27. The largest absolute Gasteiger partial charge is 0.288 e. The molecule has 0 amide bonds. The van der Waals surface area contributed by atoms with Crippen molar-refractivity contribution in [2.24, 2.45) is 10.9 Å². The van der Waals surface area contributed by atoms with E-state index in [0.717, 1.165) is 45.3 Å². The highest BCUT2D eigenvalue weighted by Gasteiger charge is 2.34. The summed E-state index contributed by atoms with van der Waals surface area (Å²) in [6, 6.07) is 8.25. The summed E-state index contributed by atoms with van der Waals surface area (Å²) in [6.45, 7) is 16.9. The predicted molar refractivity (Wildman–Crippen MR) is 148 cm³/mol. The molecule has 2 N–H and O–H groups in total. The van der Waals surface area contributed by atoms with E-state index in [1.165, 1.54) is 16.0 Å². The van der Waals surface area contributed by atoms with Crippen LogP contribution >= 0.6 is 23.1 Å². The molecule has 0 aliphatic carbocycles. The number of nitrogens with one attached hydrogen (secondary N) is 2. The summed E-state index contributed by atoms with van der Waals surface area (Å²) in [7, 11) is 0. The molecule has 1 aliphatic heterocycles. The minimum atomic E-state index is -0.371. The van der Waals surface area contributed by atoms with Gasteiger partial charge in [-0.05, 0) is 61.3 Å². The number of rotatable bonds is 8. The third-order valence-electron chi connectivity index (χ3n) is 6.04. The molecule has 1 unspecified atom stereocenters. The van der Waals surface area contributed by atoms with Crippen molar-refractivity contribution in [1.29, 1.82) is 10.8 Å². The first-order valence-corrected chi connectivity index (χ1v) is 13.5. The van der Waals surface area contributed by atoms with Crippen molar-refractivity contribution < 1.29 is 0 Å². The molecule has 2 heterocycles. The Kier molecular flexibility index (Phi) is 8.35. The molecule has 3 rings (SSSR count). The van der Waals surface area contributed by atoms with E-state index in [0.29, 0.717) is 24.0 Å². The zero-order valence-corrected chi connectivity index (χ0v) is 22.3. The van der Waals surface area contributed by atoms with Crippen LogP contribution in [-0.4, -0.2) is 29.2 Å². The highest BCUT2D eigenvalue weighted by atomic mass is 32.2. The normalized spacial score (nSPS) is 16.0. The molecule has 6 heteroatoms. The third kappa shape index (κ3) is 5.67. The molecule has 33 heavy (non-hydrogen) atoms. The molecule has 0 saturated carbocycles. The van der Waals surface area contributed by atoms with Crippen LogP contribution in [0.3, 0.4) is 0 Å². The Bertz CT molecular complexity index is 1080. The lowest BCUT2D eigenvalue weighted by Gasteiger charge is -2.25. The Morgan fingerprint density at radius 2 is 1.91 bits per heavy atom. The number of aryl methyl sites for hydroxylation is 2. The SMILES string of the molecule is C=C(CC1N=C(c2ccc(CC)cc2)c2c(sc(C)c2C)N(C(C)=N)C1=N)SCCC(C)C. The molecule has 176 valence electrons. The molecule has 1 atom stereocenters. The molecule has 0 saturated heterocycles. The summed E-state index contributed by atoms with van der Waals surface area (Å²) in [5.74, 6) is 2.40. The molecular formula is C27H36N4S2. The Labute approximate surface area is 207 Å². The van der Waals surface area contributed by atoms with Crippen molar-refractivity contribution >= 4 is 45.5 Å². The number of aliphatic imine (C=N–C) groups is 1. The minimum absolute atomic E-state index is 0.350.